The molecule has 7 heteroatoms. The predicted molar refractivity (Wildman–Crippen MR) is 106 cm³/mol. The number of anilines is 1. The highest BCUT2D eigenvalue weighted by Gasteiger charge is 2.31. The van der Waals surface area contributed by atoms with E-state index in [-0.39, 0.29) is 12.5 Å². The summed E-state index contributed by atoms with van der Waals surface area (Å²) in [5.74, 6) is -0.649. The normalized spacial score (nSPS) is 14.3. The van der Waals surface area contributed by atoms with Crippen LogP contribution in [0.4, 0.5) is 5.69 Å². The summed E-state index contributed by atoms with van der Waals surface area (Å²) in [6.45, 7) is 2.43. The van der Waals surface area contributed by atoms with Gasteiger partial charge in [-0.25, -0.2) is 0 Å². The number of nitrogens with zero attached hydrogens (tertiary/aromatic N) is 1. The summed E-state index contributed by atoms with van der Waals surface area (Å²) in [5.41, 5.74) is 10.1. The number of hydrogen-bond donors (Lipinski definition) is 3. The Morgan fingerprint density at radius 2 is 2.19 bits per heavy atom. The molecule has 1 atom stereocenters. The van der Waals surface area contributed by atoms with Crippen LogP contribution in [-0.2, 0) is 16.1 Å². The van der Waals surface area contributed by atoms with Crippen molar-refractivity contribution in [2.24, 2.45) is 5.73 Å². The van der Waals surface area contributed by atoms with Crippen LogP contribution in [0.3, 0.4) is 0 Å². The number of rotatable bonds is 4. The Hall–Kier alpha value is -2.74. The molecule has 1 unspecified atom stereocenters. The minimum Gasteiger partial charge on any atom is -0.423 e. The van der Waals surface area contributed by atoms with Crippen molar-refractivity contribution >= 4 is 34.9 Å². The maximum absolute atomic E-state index is 12.9. The van der Waals surface area contributed by atoms with Crippen LogP contribution < -0.4 is 16.5 Å². The van der Waals surface area contributed by atoms with Crippen LogP contribution in [0.5, 0.6) is 0 Å². The number of carbonyl (C=O) groups is 1. The Morgan fingerprint density at radius 3 is 3.00 bits per heavy atom. The summed E-state index contributed by atoms with van der Waals surface area (Å²) in [6, 6.07) is 11.4. The zero-order valence-corrected chi connectivity index (χ0v) is 15.0. The molecule has 6 nitrogen and oxygen atoms in total. The molecular weight excluding hydrogens is 341 g/mol. The van der Waals surface area contributed by atoms with Gasteiger partial charge < -0.3 is 20.7 Å². The first-order chi connectivity index (χ1) is 13.1. The van der Waals surface area contributed by atoms with Crippen molar-refractivity contribution in [3.63, 3.8) is 0 Å². The molecule has 0 bridgehead atoms. The van der Waals surface area contributed by atoms with Crippen LogP contribution >= 0.6 is 0 Å². The van der Waals surface area contributed by atoms with E-state index in [1.807, 2.05) is 43.3 Å². The fraction of sp³-hybridized carbons (Fsp3) is 0.200. The Balaban J connectivity index is 1.60. The van der Waals surface area contributed by atoms with Crippen molar-refractivity contribution in [3.8, 4) is 0 Å². The first kappa shape index (κ1) is 17.7. The second kappa shape index (κ2) is 7.11. The molecular formula is C20H20BN3O3. The monoisotopic (exact) mass is 361 g/mol. The molecule has 136 valence electrons. The third-order valence-electron chi connectivity index (χ3n) is 5.00. The van der Waals surface area contributed by atoms with Crippen LogP contribution in [-0.4, -0.2) is 29.6 Å². The van der Waals surface area contributed by atoms with Crippen molar-refractivity contribution in [2.45, 2.75) is 19.4 Å². The molecule has 2 heterocycles. The number of pyridine rings is 1. The molecule has 1 aliphatic rings. The molecule has 0 fully saturated rings. The van der Waals surface area contributed by atoms with Gasteiger partial charge in [0.15, 0.2) is 0 Å². The molecule has 1 amide bonds. The molecule has 3 aromatic rings. The molecule has 4 rings (SSSR count). The number of nitrogens with one attached hydrogen (secondary N) is 1. The maximum atomic E-state index is 12.9. The second-order valence-corrected chi connectivity index (χ2v) is 6.79. The lowest BCUT2D eigenvalue weighted by Gasteiger charge is -2.18. The minimum atomic E-state index is -0.897. The van der Waals surface area contributed by atoms with Gasteiger partial charge in [-0.1, -0.05) is 23.8 Å². The van der Waals surface area contributed by atoms with Gasteiger partial charge in [-0.2, -0.15) is 0 Å². The van der Waals surface area contributed by atoms with Gasteiger partial charge in [0, 0.05) is 30.0 Å². The molecule has 0 saturated carbocycles. The Kier molecular flexibility index (Phi) is 4.65. The van der Waals surface area contributed by atoms with E-state index in [1.54, 1.807) is 12.4 Å². The lowest BCUT2D eigenvalue weighted by Crippen LogP contribution is -2.32. The number of aryl methyl sites for hydroxylation is 1. The lowest BCUT2D eigenvalue weighted by molar-refractivity contribution is -0.117. The summed E-state index contributed by atoms with van der Waals surface area (Å²) >= 11 is 0. The number of benzene rings is 2. The van der Waals surface area contributed by atoms with E-state index in [4.69, 9.17) is 10.4 Å². The highest BCUT2D eigenvalue weighted by molar-refractivity contribution is 6.62. The van der Waals surface area contributed by atoms with Crippen molar-refractivity contribution in [2.75, 3.05) is 11.9 Å². The van der Waals surface area contributed by atoms with Crippen molar-refractivity contribution in [1.82, 2.24) is 4.98 Å². The van der Waals surface area contributed by atoms with E-state index < -0.39 is 13.0 Å². The molecule has 4 N–H and O–H groups in total. The zero-order valence-electron chi connectivity index (χ0n) is 15.0. The number of amides is 1. The van der Waals surface area contributed by atoms with Gasteiger partial charge in [-0.3, -0.25) is 9.78 Å². The number of carbonyl (C=O) groups excluding carboxylic acids is 1. The summed E-state index contributed by atoms with van der Waals surface area (Å²) in [7, 11) is -0.897. The molecule has 1 aromatic heterocycles. The molecule has 0 saturated heterocycles. The highest BCUT2D eigenvalue weighted by Crippen LogP contribution is 2.24. The van der Waals surface area contributed by atoms with E-state index in [2.05, 4.69) is 10.3 Å². The van der Waals surface area contributed by atoms with Gasteiger partial charge in [0.05, 0.1) is 12.5 Å². The van der Waals surface area contributed by atoms with Gasteiger partial charge in [0.1, 0.15) is 0 Å². The molecule has 0 aliphatic carbocycles. The Morgan fingerprint density at radius 1 is 1.33 bits per heavy atom. The van der Waals surface area contributed by atoms with Crippen LogP contribution in [0.25, 0.3) is 10.8 Å². The van der Waals surface area contributed by atoms with Gasteiger partial charge in [0.2, 0.25) is 5.91 Å². The largest absolute Gasteiger partial charge is 0.492 e. The minimum absolute atomic E-state index is 0.162. The molecule has 2 aromatic carbocycles. The Labute approximate surface area is 157 Å². The van der Waals surface area contributed by atoms with Crippen molar-refractivity contribution in [3.05, 3.63) is 65.5 Å². The van der Waals surface area contributed by atoms with Gasteiger partial charge in [-0.15, -0.1) is 0 Å². The quantitative estimate of drug-likeness (QED) is 0.611. The summed E-state index contributed by atoms with van der Waals surface area (Å²) < 4.78 is 5.29. The molecule has 0 radical (unpaired) electrons. The smallest absolute Gasteiger partial charge is 0.423 e. The first-order valence-electron chi connectivity index (χ1n) is 8.84. The summed E-state index contributed by atoms with van der Waals surface area (Å²) in [6.07, 6.45) is 3.51. The molecule has 27 heavy (non-hydrogen) atoms. The van der Waals surface area contributed by atoms with Gasteiger partial charge >= 0.3 is 7.12 Å². The fourth-order valence-corrected chi connectivity index (χ4v) is 3.61. The van der Waals surface area contributed by atoms with Crippen LogP contribution in [0.15, 0.2) is 48.8 Å². The summed E-state index contributed by atoms with van der Waals surface area (Å²) in [5, 5.41) is 14.9. The number of nitrogens with two attached hydrogens (primary N) is 1. The number of aromatic nitrogens is 1. The van der Waals surface area contributed by atoms with Gasteiger partial charge in [-0.05, 0) is 47.1 Å². The highest BCUT2D eigenvalue weighted by atomic mass is 16.5. The predicted octanol–water partition coefficient (Wildman–Crippen LogP) is 1.44. The van der Waals surface area contributed by atoms with Gasteiger partial charge in [0.25, 0.3) is 0 Å². The van der Waals surface area contributed by atoms with E-state index in [0.717, 1.165) is 32.9 Å². The SMILES string of the molecule is Cc1cc(C(CN)C(=O)Nc2ccc3cnccc3c2)cc2c1B(O)OC2. The van der Waals surface area contributed by atoms with E-state index >= 15 is 0 Å². The van der Waals surface area contributed by atoms with Crippen molar-refractivity contribution in [1.29, 1.82) is 0 Å². The number of fused-ring (bicyclic) bond motifs is 2. The van der Waals surface area contributed by atoms with Crippen LogP contribution in [0.2, 0.25) is 0 Å². The van der Waals surface area contributed by atoms with E-state index in [0.29, 0.717) is 12.3 Å². The zero-order chi connectivity index (χ0) is 19.0. The molecule has 1 aliphatic heterocycles. The third kappa shape index (κ3) is 3.32. The average molecular weight is 361 g/mol. The lowest BCUT2D eigenvalue weighted by atomic mass is 9.75. The van der Waals surface area contributed by atoms with Crippen LogP contribution in [0.1, 0.15) is 22.6 Å². The third-order valence-corrected chi connectivity index (χ3v) is 5.00. The standard InChI is InChI=1S/C20H20BN3O3/c1-12-6-15(7-16-11-27-21(26)19(12)16)18(9-22)20(25)24-17-3-2-14-10-23-5-4-13(14)8-17/h2-8,10,18,26H,9,11,22H2,1H3,(H,24,25). The average Bonchev–Trinajstić information content (AvgIpc) is 3.03. The van der Waals surface area contributed by atoms with E-state index in [9.17, 15) is 9.82 Å². The van der Waals surface area contributed by atoms with Crippen molar-refractivity contribution < 1.29 is 14.5 Å². The first-order valence-corrected chi connectivity index (χ1v) is 8.84. The van der Waals surface area contributed by atoms with E-state index in [1.165, 1.54) is 0 Å². The number of hydrogen-bond acceptors (Lipinski definition) is 5. The fourth-order valence-electron chi connectivity index (χ4n) is 3.61. The van der Waals surface area contributed by atoms with Crippen LogP contribution in [0, 0.1) is 6.92 Å². The topological polar surface area (TPSA) is 97.5 Å². The molecule has 0 spiro atoms. The maximum Gasteiger partial charge on any atom is 0.492 e. The Bertz CT molecular complexity index is 1020. The summed E-state index contributed by atoms with van der Waals surface area (Å²) in [4.78, 5) is 17.0. The second-order valence-electron chi connectivity index (χ2n) is 6.79.